The van der Waals surface area contributed by atoms with Crippen LogP contribution in [0.2, 0.25) is 0 Å². The summed E-state index contributed by atoms with van der Waals surface area (Å²) in [6.45, 7) is 1.57. The molecule has 0 bridgehead atoms. The molecular weight excluding hydrogens is 202 g/mol. The summed E-state index contributed by atoms with van der Waals surface area (Å²) in [4.78, 5) is 0. The number of hydrogen-bond donors (Lipinski definition) is 2. The van der Waals surface area contributed by atoms with Gasteiger partial charge in [0.05, 0.1) is 18.8 Å². The van der Waals surface area contributed by atoms with Gasteiger partial charge in [-0.2, -0.15) is 5.10 Å². The molecule has 0 saturated heterocycles. The smallest absolute Gasteiger partial charge is 0.122 e. The fraction of sp³-hybridized carbons (Fsp3) is 0.250. The van der Waals surface area contributed by atoms with Gasteiger partial charge in [0.25, 0.3) is 0 Å². The number of anilines is 1. The van der Waals surface area contributed by atoms with Crippen molar-refractivity contribution >= 4 is 5.69 Å². The Bertz CT molecular complexity index is 479. The van der Waals surface area contributed by atoms with Crippen molar-refractivity contribution < 1.29 is 4.74 Å². The molecule has 1 aromatic carbocycles. The van der Waals surface area contributed by atoms with Crippen LogP contribution < -0.4 is 10.1 Å². The van der Waals surface area contributed by atoms with E-state index in [1.54, 1.807) is 6.20 Å². The fourth-order valence-corrected chi connectivity index (χ4v) is 1.88. The third-order valence-corrected chi connectivity index (χ3v) is 2.73. The molecular formula is C12H13N3O. The molecule has 1 aromatic heterocycles. The second-order valence-electron chi connectivity index (χ2n) is 3.86. The van der Waals surface area contributed by atoms with Gasteiger partial charge in [0.15, 0.2) is 0 Å². The van der Waals surface area contributed by atoms with Crippen LogP contribution in [0.5, 0.6) is 5.75 Å². The van der Waals surface area contributed by atoms with Crippen molar-refractivity contribution in [2.75, 3.05) is 11.9 Å². The number of nitrogens with one attached hydrogen (secondary N) is 2. The SMILES string of the molecule is c1cc(CNc2ccc3c(c2)CCO3)[nH]n1. The van der Waals surface area contributed by atoms with Crippen molar-refractivity contribution in [3.63, 3.8) is 0 Å². The van der Waals surface area contributed by atoms with E-state index in [9.17, 15) is 0 Å². The van der Waals surface area contributed by atoms with Gasteiger partial charge in [-0.3, -0.25) is 5.10 Å². The average Bonchev–Trinajstić information content (AvgIpc) is 2.97. The highest BCUT2D eigenvalue weighted by molar-refractivity contribution is 5.52. The van der Waals surface area contributed by atoms with Crippen molar-refractivity contribution in [1.82, 2.24) is 10.2 Å². The minimum absolute atomic E-state index is 0.764. The molecule has 0 unspecified atom stereocenters. The molecule has 1 aliphatic rings. The Hall–Kier alpha value is -1.97. The second kappa shape index (κ2) is 3.89. The summed E-state index contributed by atoms with van der Waals surface area (Å²) in [5.74, 6) is 1.02. The number of H-pyrrole nitrogens is 1. The van der Waals surface area contributed by atoms with Gasteiger partial charge < -0.3 is 10.1 Å². The molecule has 0 fully saturated rings. The van der Waals surface area contributed by atoms with Gasteiger partial charge in [-0.15, -0.1) is 0 Å². The van der Waals surface area contributed by atoms with Crippen LogP contribution in [0.25, 0.3) is 0 Å². The maximum absolute atomic E-state index is 5.46. The van der Waals surface area contributed by atoms with Crippen molar-refractivity contribution in [3.05, 3.63) is 41.7 Å². The Balaban J connectivity index is 1.71. The first kappa shape index (κ1) is 9.27. The molecule has 1 aliphatic heterocycles. The van der Waals surface area contributed by atoms with Gasteiger partial charge in [0, 0.05) is 18.3 Å². The van der Waals surface area contributed by atoms with Crippen molar-refractivity contribution in [1.29, 1.82) is 0 Å². The molecule has 0 amide bonds. The topological polar surface area (TPSA) is 49.9 Å². The van der Waals surface area contributed by atoms with E-state index in [2.05, 4.69) is 21.6 Å². The normalized spacial score (nSPS) is 13.2. The molecule has 0 atom stereocenters. The number of fused-ring (bicyclic) bond motifs is 1. The molecule has 0 saturated carbocycles. The van der Waals surface area contributed by atoms with E-state index in [0.29, 0.717) is 0 Å². The lowest BCUT2D eigenvalue weighted by Gasteiger charge is -2.06. The first-order chi connectivity index (χ1) is 7.92. The molecule has 16 heavy (non-hydrogen) atoms. The Morgan fingerprint density at radius 2 is 2.38 bits per heavy atom. The van der Waals surface area contributed by atoms with Gasteiger partial charge in [-0.25, -0.2) is 0 Å². The van der Waals surface area contributed by atoms with Gasteiger partial charge in [0.2, 0.25) is 0 Å². The lowest BCUT2D eigenvalue weighted by Crippen LogP contribution is -1.99. The summed E-state index contributed by atoms with van der Waals surface area (Å²) in [5, 5.41) is 10.2. The van der Waals surface area contributed by atoms with Crippen LogP contribution in [0.1, 0.15) is 11.3 Å². The molecule has 2 N–H and O–H groups in total. The molecule has 4 nitrogen and oxygen atoms in total. The fourth-order valence-electron chi connectivity index (χ4n) is 1.88. The van der Waals surface area contributed by atoms with E-state index in [-0.39, 0.29) is 0 Å². The zero-order chi connectivity index (χ0) is 10.8. The van der Waals surface area contributed by atoms with Gasteiger partial charge in [-0.05, 0) is 29.8 Å². The van der Waals surface area contributed by atoms with Crippen LogP contribution >= 0.6 is 0 Å². The largest absolute Gasteiger partial charge is 0.493 e. The maximum Gasteiger partial charge on any atom is 0.122 e. The number of benzene rings is 1. The van der Waals surface area contributed by atoms with E-state index in [4.69, 9.17) is 4.74 Å². The molecule has 82 valence electrons. The van der Waals surface area contributed by atoms with E-state index in [1.807, 2.05) is 18.2 Å². The Labute approximate surface area is 93.6 Å². The zero-order valence-corrected chi connectivity index (χ0v) is 8.86. The summed E-state index contributed by atoms with van der Waals surface area (Å²) in [5.41, 5.74) is 3.49. The first-order valence-corrected chi connectivity index (χ1v) is 5.40. The summed E-state index contributed by atoms with van der Waals surface area (Å²) in [6, 6.07) is 8.18. The number of nitrogens with zero attached hydrogens (tertiary/aromatic N) is 1. The van der Waals surface area contributed by atoms with Crippen molar-refractivity contribution in [2.24, 2.45) is 0 Å². The molecule has 2 aromatic rings. The predicted molar refractivity (Wildman–Crippen MR) is 61.6 cm³/mol. The third-order valence-electron chi connectivity index (χ3n) is 2.73. The van der Waals surface area contributed by atoms with Crippen LogP contribution in [-0.4, -0.2) is 16.8 Å². The molecule has 3 rings (SSSR count). The quantitative estimate of drug-likeness (QED) is 0.822. The molecule has 0 spiro atoms. The van der Waals surface area contributed by atoms with Gasteiger partial charge >= 0.3 is 0 Å². The van der Waals surface area contributed by atoms with E-state index < -0.39 is 0 Å². The first-order valence-electron chi connectivity index (χ1n) is 5.40. The van der Waals surface area contributed by atoms with Crippen LogP contribution in [0.15, 0.2) is 30.5 Å². The highest BCUT2D eigenvalue weighted by Crippen LogP contribution is 2.27. The predicted octanol–water partition coefficient (Wildman–Crippen LogP) is 1.96. The van der Waals surface area contributed by atoms with Crippen LogP contribution in [0.4, 0.5) is 5.69 Å². The molecule has 4 heteroatoms. The number of ether oxygens (including phenoxy) is 1. The standard InChI is InChI=1S/C12H13N3O/c1-2-12-9(4-6-16-12)7-10(1)13-8-11-3-5-14-15-11/h1-3,5,7,13H,4,6,8H2,(H,14,15). The number of hydrogen-bond acceptors (Lipinski definition) is 3. The number of aromatic amines is 1. The van der Waals surface area contributed by atoms with Gasteiger partial charge in [0.1, 0.15) is 5.75 Å². The lowest BCUT2D eigenvalue weighted by atomic mass is 10.1. The van der Waals surface area contributed by atoms with E-state index in [1.165, 1.54) is 5.56 Å². The highest BCUT2D eigenvalue weighted by atomic mass is 16.5. The average molecular weight is 215 g/mol. The Morgan fingerprint density at radius 1 is 1.38 bits per heavy atom. The zero-order valence-electron chi connectivity index (χ0n) is 8.86. The Kier molecular flexibility index (Phi) is 2.25. The second-order valence-corrected chi connectivity index (χ2v) is 3.86. The molecule has 0 radical (unpaired) electrons. The maximum atomic E-state index is 5.46. The van der Waals surface area contributed by atoms with Crippen LogP contribution in [0.3, 0.4) is 0 Å². The summed E-state index contributed by atoms with van der Waals surface area (Å²) in [7, 11) is 0. The number of aromatic nitrogens is 2. The highest BCUT2D eigenvalue weighted by Gasteiger charge is 2.11. The Morgan fingerprint density at radius 3 is 3.25 bits per heavy atom. The summed E-state index contributed by atoms with van der Waals surface area (Å²) in [6.07, 6.45) is 2.77. The van der Waals surface area contributed by atoms with Crippen LogP contribution in [-0.2, 0) is 13.0 Å². The summed E-state index contributed by atoms with van der Waals surface area (Å²) < 4.78 is 5.46. The van der Waals surface area contributed by atoms with E-state index in [0.717, 1.165) is 36.7 Å². The van der Waals surface area contributed by atoms with Gasteiger partial charge in [-0.1, -0.05) is 0 Å². The molecule has 0 aliphatic carbocycles. The van der Waals surface area contributed by atoms with E-state index >= 15 is 0 Å². The monoisotopic (exact) mass is 215 g/mol. The lowest BCUT2D eigenvalue weighted by molar-refractivity contribution is 0.357. The third kappa shape index (κ3) is 1.74. The van der Waals surface area contributed by atoms with Crippen LogP contribution in [0, 0.1) is 0 Å². The van der Waals surface area contributed by atoms with Crippen molar-refractivity contribution in [3.8, 4) is 5.75 Å². The summed E-state index contributed by atoms with van der Waals surface area (Å²) >= 11 is 0. The number of rotatable bonds is 3. The minimum Gasteiger partial charge on any atom is -0.493 e. The minimum atomic E-state index is 0.764. The van der Waals surface area contributed by atoms with Crippen molar-refractivity contribution in [2.45, 2.75) is 13.0 Å². The molecule has 2 heterocycles.